The maximum Gasteiger partial charge on any atom is 0.0148 e. The van der Waals surface area contributed by atoms with Crippen LogP contribution in [-0.4, -0.2) is 4.83 Å². The Kier molecular flexibility index (Phi) is 3.34. The van der Waals surface area contributed by atoms with Crippen molar-refractivity contribution in [3.63, 3.8) is 0 Å². The van der Waals surface area contributed by atoms with E-state index >= 15 is 0 Å². The first-order valence-corrected chi connectivity index (χ1v) is 10.1. The molecule has 0 aliphatic heterocycles. The Bertz CT molecular complexity index is 391. The molecule has 4 aliphatic rings. The highest BCUT2D eigenvalue weighted by Gasteiger charge is 2.57. The smallest absolute Gasteiger partial charge is 0.0148 e. The minimum atomic E-state index is 0.692. The van der Waals surface area contributed by atoms with Gasteiger partial charge in [-0.05, 0) is 92.3 Å². The standard InChI is InChI=1S/C19H31Br/c1-18-9-3-4-16(18)15-6-5-13-12-14(20)7-11-19(13,2)17(15)8-10-18/h13-17H,3-12H2,1-2H3/t13-,14+,15+,16-,17+,18-,19-/m0/s1. The molecule has 0 spiro atoms. The lowest BCUT2D eigenvalue weighted by Gasteiger charge is -2.60. The Morgan fingerprint density at radius 2 is 1.70 bits per heavy atom. The zero-order valence-corrected chi connectivity index (χ0v) is 14.9. The van der Waals surface area contributed by atoms with E-state index in [9.17, 15) is 0 Å². The normalized spacial score (nSPS) is 58.6. The molecule has 0 aromatic rings. The van der Waals surface area contributed by atoms with Gasteiger partial charge in [-0.15, -0.1) is 0 Å². The van der Waals surface area contributed by atoms with Gasteiger partial charge in [0.1, 0.15) is 0 Å². The van der Waals surface area contributed by atoms with Crippen LogP contribution in [0.1, 0.15) is 78.1 Å². The Hall–Kier alpha value is 0.480. The van der Waals surface area contributed by atoms with Gasteiger partial charge >= 0.3 is 0 Å². The Morgan fingerprint density at radius 3 is 2.55 bits per heavy atom. The van der Waals surface area contributed by atoms with Gasteiger partial charge in [-0.1, -0.05) is 36.2 Å². The monoisotopic (exact) mass is 338 g/mol. The zero-order valence-electron chi connectivity index (χ0n) is 13.3. The second kappa shape index (κ2) is 4.74. The molecule has 0 N–H and O–H groups in total. The molecule has 1 heteroatoms. The summed E-state index contributed by atoms with van der Waals surface area (Å²) in [5.41, 5.74) is 1.42. The highest BCUT2D eigenvalue weighted by atomic mass is 79.9. The molecule has 0 bridgehead atoms. The lowest BCUT2D eigenvalue weighted by molar-refractivity contribution is -0.102. The summed E-state index contributed by atoms with van der Waals surface area (Å²) in [6.45, 7) is 5.32. The maximum absolute atomic E-state index is 3.92. The minimum absolute atomic E-state index is 0.692. The second-order valence-corrected chi connectivity index (χ2v) is 10.4. The molecule has 0 saturated heterocycles. The molecule has 0 aromatic heterocycles. The SMILES string of the molecule is C[C@@]12CCC[C@H]1[C@H]1CC[C@H]3C[C@H](Br)CC[C@]3(C)[C@@H]1CC2. The molecule has 0 heterocycles. The van der Waals surface area contributed by atoms with Gasteiger partial charge < -0.3 is 0 Å². The molecule has 0 aromatic carbocycles. The zero-order chi connectivity index (χ0) is 14.0. The lowest BCUT2D eigenvalue weighted by atomic mass is 9.45. The van der Waals surface area contributed by atoms with Crippen molar-refractivity contribution in [1.29, 1.82) is 0 Å². The average molecular weight is 339 g/mol. The largest absolute Gasteiger partial charge is 0.0891 e. The second-order valence-electron chi connectivity index (χ2n) is 9.11. The molecule has 0 amide bonds. The number of alkyl halides is 1. The molecular weight excluding hydrogens is 308 g/mol. The van der Waals surface area contributed by atoms with Gasteiger partial charge in [-0.25, -0.2) is 0 Å². The van der Waals surface area contributed by atoms with Crippen LogP contribution in [0.5, 0.6) is 0 Å². The minimum Gasteiger partial charge on any atom is -0.0891 e. The van der Waals surface area contributed by atoms with Crippen molar-refractivity contribution in [2.45, 2.75) is 82.9 Å². The van der Waals surface area contributed by atoms with Crippen LogP contribution >= 0.6 is 15.9 Å². The molecule has 0 nitrogen and oxygen atoms in total. The molecule has 0 radical (unpaired) electrons. The first kappa shape index (κ1) is 14.1. The summed E-state index contributed by atoms with van der Waals surface area (Å²) in [5, 5.41) is 0. The van der Waals surface area contributed by atoms with Crippen molar-refractivity contribution in [3.8, 4) is 0 Å². The van der Waals surface area contributed by atoms with E-state index in [4.69, 9.17) is 0 Å². The van der Waals surface area contributed by atoms with Gasteiger partial charge in [0.25, 0.3) is 0 Å². The third-order valence-electron chi connectivity index (χ3n) is 8.38. The van der Waals surface area contributed by atoms with Crippen LogP contribution in [0.15, 0.2) is 0 Å². The van der Waals surface area contributed by atoms with Gasteiger partial charge in [0, 0.05) is 4.83 Å². The molecule has 4 aliphatic carbocycles. The summed E-state index contributed by atoms with van der Waals surface area (Å²) < 4.78 is 0. The fourth-order valence-electron chi connectivity index (χ4n) is 7.20. The van der Waals surface area contributed by atoms with E-state index in [1.165, 1.54) is 38.5 Å². The average Bonchev–Trinajstić information content (AvgIpc) is 2.81. The highest BCUT2D eigenvalue weighted by molar-refractivity contribution is 9.09. The van der Waals surface area contributed by atoms with Crippen LogP contribution in [0.4, 0.5) is 0 Å². The number of rotatable bonds is 0. The fraction of sp³-hybridized carbons (Fsp3) is 1.00. The van der Waals surface area contributed by atoms with E-state index in [1.807, 2.05) is 0 Å². The third kappa shape index (κ3) is 1.90. The lowest BCUT2D eigenvalue weighted by Crippen LogP contribution is -2.52. The van der Waals surface area contributed by atoms with Crippen LogP contribution in [0.3, 0.4) is 0 Å². The van der Waals surface area contributed by atoms with Crippen molar-refractivity contribution in [2.75, 3.05) is 0 Å². The van der Waals surface area contributed by atoms with Crippen molar-refractivity contribution < 1.29 is 0 Å². The third-order valence-corrected chi connectivity index (χ3v) is 9.21. The molecule has 114 valence electrons. The Balaban J connectivity index is 1.62. The number of halogens is 1. The molecule has 20 heavy (non-hydrogen) atoms. The molecule has 0 unspecified atom stereocenters. The summed E-state index contributed by atoms with van der Waals surface area (Å²) in [7, 11) is 0. The molecular formula is C19H31Br. The van der Waals surface area contributed by atoms with Crippen molar-refractivity contribution in [3.05, 3.63) is 0 Å². The summed E-state index contributed by atoms with van der Waals surface area (Å²) in [6, 6.07) is 0. The predicted molar refractivity (Wildman–Crippen MR) is 89.1 cm³/mol. The highest BCUT2D eigenvalue weighted by Crippen LogP contribution is 2.66. The Morgan fingerprint density at radius 1 is 0.850 bits per heavy atom. The van der Waals surface area contributed by atoms with E-state index in [2.05, 4.69) is 29.8 Å². The summed E-state index contributed by atoms with van der Waals surface area (Å²) >= 11 is 3.92. The topological polar surface area (TPSA) is 0 Å². The van der Waals surface area contributed by atoms with E-state index in [0.717, 1.165) is 33.9 Å². The van der Waals surface area contributed by atoms with E-state index < -0.39 is 0 Å². The first-order chi connectivity index (χ1) is 9.53. The molecule has 4 fully saturated rings. The number of hydrogen-bond donors (Lipinski definition) is 0. The summed E-state index contributed by atoms with van der Waals surface area (Å²) in [6.07, 6.45) is 15.2. The van der Waals surface area contributed by atoms with Crippen molar-refractivity contribution >= 4 is 15.9 Å². The van der Waals surface area contributed by atoms with Gasteiger partial charge in [0.15, 0.2) is 0 Å². The first-order valence-electron chi connectivity index (χ1n) is 9.17. The van der Waals surface area contributed by atoms with Crippen molar-refractivity contribution in [1.82, 2.24) is 0 Å². The van der Waals surface area contributed by atoms with Crippen LogP contribution < -0.4 is 0 Å². The molecule has 4 rings (SSSR count). The molecule has 7 atom stereocenters. The summed E-state index contributed by atoms with van der Waals surface area (Å²) in [4.78, 5) is 0.817. The fourth-order valence-corrected chi connectivity index (χ4v) is 7.88. The van der Waals surface area contributed by atoms with Crippen molar-refractivity contribution in [2.24, 2.45) is 34.5 Å². The summed E-state index contributed by atoms with van der Waals surface area (Å²) in [5.74, 6) is 4.26. The van der Waals surface area contributed by atoms with E-state index in [0.29, 0.717) is 5.41 Å². The predicted octanol–water partition coefficient (Wildman–Crippen LogP) is 6.18. The quantitative estimate of drug-likeness (QED) is 0.462. The number of hydrogen-bond acceptors (Lipinski definition) is 0. The maximum atomic E-state index is 3.92. The van der Waals surface area contributed by atoms with Gasteiger partial charge in [-0.3, -0.25) is 0 Å². The molecule has 4 saturated carbocycles. The van der Waals surface area contributed by atoms with Crippen LogP contribution in [-0.2, 0) is 0 Å². The van der Waals surface area contributed by atoms with E-state index in [1.54, 1.807) is 25.7 Å². The van der Waals surface area contributed by atoms with Gasteiger partial charge in [-0.2, -0.15) is 0 Å². The Labute approximate surface area is 133 Å². The number of fused-ring (bicyclic) bond motifs is 5. The van der Waals surface area contributed by atoms with Gasteiger partial charge in [0.05, 0.1) is 0 Å². The van der Waals surface area contributed by atoms with Gasteiger partial charge in [0.2, 0.25) is 0 Å². The van der Waals surface area contributed by atoms with E-state index in [-0.39, 0.29) is 0 Å². The van der Waals surface area contributed by atoms with Crippen LogP contribution in [0.25, 0.3) is 0 Å². The van der Waals surface area contributed by atoms with Crippen LogP contribution in [0.2, 0.25) is 0 Å². The van der Waals surface area contributed by atoms with Crippen LogP contribution in [0, 0.1) is 34.5 Å².